The van der Waals surface area contributed by atoms with E-state index in [-0.39, 0.29) is 10.6 Å². The molecule has 2 rings (SSSR count). The molecule has 2 nitrogen and oxygen atoms in total. The van der Waals surface area contributed by atoms with Gasteiger partial charge < -0.3 is 9.74 Å². The monoisotopic (exact) mass is 411 g/mol. The van der Waals surface area contributed by atoms with Crippen molar-refractivity contribution in [1.82, 2.24) is 5.32 Å². The molecule has 0 unspecified atom stereocenters. The quantitative estimate of drug-likeness (QED) is 0.389. The molecular formula is C26H41NOSi. The van der Waals surface area contributed by atoms with Crippen LogP contribution in [0.2, 0.25) is 5.04 Å². The molecule has 0 saturated carbocycles. The summed E-state index contributed by atoms with van der Waals surface area (Å²) < 4.78 is 7.01. The van der Waals surface area contributed by atoms with Gasteiger partial charge in [0.15, 0.2) is 0 Å². The lowest BCUT2D eigenvalue weighted by Crippen LogP contribution is -2.67. The van der Waals surface area contributed by atoms with Gasteiger partial charge in [0, 0.05) is 18.7 Å². The Morgan fingerprint density at radius 2 is 1.28 bits per heavy atom. The molecule has 2 aromatic rings. The molecule has 29 heavy (non-hydrogen) atoms. The molecule has 0 radical (unpaired) electrons. The van der Waals surface area contributed by atoms with Crippen molar-refractivity contribution < 1.29 is 4.43 Å². The summed E-state index contributed by atoms with van der Waals surface area (Å²) in [6, 6.07) is 21.8. The third-order valence-electron chi connectivity index (χ3n) is 6.42. The minimum atomic E-state index is -2.42. The van der Waals surface area contributed by atoms with E-state index < -0.39 is 8.32 Å². The fourth-order valence-electron chi connectivity index (χ4n) is 4.70. The normalized spacial score (nSPS) is 12.9. The molecule has 0 aliphatic heterocycles. The van der Waals surface area contributed by atoms with Crippen LogP contribution in [0.15, 0.2) is 60.7 Å². The summed E-state index contributed by atoms with van der Waals surface area (Å²) in [5, 5.41) is 6.59. The number of hydrogen-bond acceptors (Lipinski definition) is 2. The van der Waals surface area contributed by atoms with Gasteiger partial charge in [-0.2, -0.15) is 0 Å². The van der Waals surface area contributed by atoms with Crippen LogP contribution in [0.1, 0.15) is 67.2 Å². The van der Waals surface area contributed by atoms with E-state index in [4.69, 9.17) is 4.43 Å². The zero-order valence-corrected chi connectivity index (χ0v) is 20.4. The van der Waals surface area contributed by atoms with Gasteiger partial charge in [0.1, 0.15) is 0 Å². The highest BCUT2D eigenvalue weighted by molar-refractivity contribution is 6.99. The van der Waals surface area contributed by atoms with Crippen molar-refractivity contribution in [3.8, 4) is 0 Å². The topological polar surface area (TPSA) is 21.3 Å². The zero-order valence-electron chi connectivity index (χ0n) is 19.4. The van der Waals surface area contributed by atoms with Crippen LogP contribution in [0.5, 0.6) is 0 Å². The Morgan fingerprint density at radius 1 is 0.793 bits per heavy atom. The molecule has 0 saturated heterocycles. The first-order valence-electron chi connectivity index (χ1n) is 11.3. The Morgan fingerprint density at radius 3 is 1.66 bits per heavy atom. The summed E-state index contributed by atoms with van der Waals surface area (Å²) in [6.07, 6.45) is 4.76. The van der Waals surface area contributed by atoms with Crippen LogP contribution in [-0.2, 0) is 4.43 Å². The van der Waals surface area contributed by atoms with Crippen molar-refractivity contribution in [2.45, 2.75) is 77.8 Å². The maximum Gasteiger partial charge on any atom is 0.261 e. The lowest BCUT2D eigenvalue weighted by Gasteiger charge is -2.43. The average molecular weight is 412 g/mol. The molecule has 3 heteroatoms. The predicted octanol–water partition coefficient (Wildman–Crippen LogP) is 5.51. The van der Waals surface area contributed by atoms with E-state index in [9.17, 15) is 0 Å². The third-order valence-corrected chi connectivity index (χ3v) is 11.5. The zero-order chi connectivity index (χ0) is 21.4. The van der Waals surface area contributed by atoms with E-state index in [2.05, 4.69) is 108 Å². The van der Waals surface area contributed by atoms with Gasteiger partial charge in [-0.15, -0.1) is 0 Å². The Hall–Kier alpha value is -1.42. The van der Waals surface area contributed by atoms with Crippen molar-refractivity contribution in [2.75, 3.05) is 13.2 Å². The van der Waals surface area contributed by atoms with Crippen LogP contribution in [0, 0.1) is 0 Å². The summed E-state index contributed by atoms with van der Waals surface area (Å²) in [5.74, 6) is 0. The van der Waals surface area contributed by atoms with Crippen molar-refractivity contribution in [3.63, 3.8) is 0 Å². The lowest BCUT2D eigenvalue weighted by atomic mass is 9.88. The molecular weight excluding hydrogens is 370 g/mol. The highest BCUT2D eigenvalue weighted by Crippen LogP contribution is 2.36. The number of rotatable bonds is 11. The largest absolute Gasteiger partial charge is 0.406 e. The Labute approximate surface area is 180 Å². The molecule has 2 aromatic carbocycles. The van der Waals surface area contributed by atoms with E-state index in [0.29, 0.717) is 0 Å². The smallest absolute Gasteiger partial charge is 0.261 e. The predicted molar refractivity (Wildman–Crippen MR) is 130 cm³/mol. The van der Waals surface area contributed by atoms with E-state index in [1.807, 2.05) is 0 Å². The van der Waals surface area contributed by atoms with Gasteiger partial charge in [-0.05, 0) is 34.7 Å². The molecule has 0 bridgehead atoms. The molecule has 0 spiro atoms. The summed E-state index contributed by atoms with van der Waals surface area (Å²) in [7, 11) is -2.42. The van der Waals surface area contributed by atoms with Crippen LogP contribution in [0.25, 0.3) is 0 Å². The minimum Gasteiger partial charge on any atom is -0.406 e. The van der Waals surface area contributed by atoms with Gasteiger partial charge in [-0.25, -0.2) is 0 Å². The Bertz CT molecular complexity index is 665. The van der Waals surface area contributed by atoms with Crippen LogP contribution in [-0.4, -0.2) is 27.0 Å². The van der Waals surface area contributed by atoms with Crippen molar-refractivity contribution >= 4 is 18.7 Å². The molecule has 0 aliphatic rings. The first-order valence-corrected chi connectivity index (χ1v) is 13.3. The molecule has 0 aromatic heterocycles. The second-order valence-electron chi connectivity index (χ2n) is 9.18. The van der Waals surface area contributed by atoms with Gasteiger partial charge in [-0.3, -0.25) is 0 Å². The number of hydrogen-bond donors (Lipinski definition) is 1. The fraction of sp³-hybridized carbons (Fsp3) is 0.538. The van der Waals surface area contributed by atoms with Crippen molar-refractivity contribution in [2.24, 2.45) is 0 Å². The lowest BCUT2D eigenvalue weighted by molar-refractivity contribution is 0.233. The summed E-state index contributed by atoms with van der Waals surface area (Å²) >= 11 is 0. The van der Waals surface area contributed by atoms with Crippen LogP contribution in [0.3, 0.4) is 0 Å². The highest BCUT2D eigenvalue weighted by atomic mass is 28.4. The molecule has 1 N–H and O–H groups in total. The van der Waals surface area contributed by atoms with Gasteiger partial charge in [0.2, 0.25) is 0 Å². The molecule has 0 amide bonds. The molecule has 0 atom stereocenters. The molecule has 0 aliphatic carbocycles. The fourth-order valence-corrected chi connectivity index (χ4v) is 9.27. The number of nitrogens with one attached hydrogen (secondary N) is 1. The summed E-state index contributed by atoms with van der Waals surface area (Å²) in [5.41, 5.74) is 0.240. The maximum absolute atomic E-state index is 7.01. The van der Waals surface area contributed by atoms with Gasteiger partial charge >= 0.3 is 0 Å². The first kappa shape index (κ1) is 23.9. The van der Waals surface area contributed by atoms with Gasteiger partial charge in [0.25, 0.3) is 8.32 Å². The van der Waals surface area contributed by atoms with Crippen LogP contribution in [0.4, 0.5) is 0 Å². The minimum absolute atomic E-state index is 0.0335. The van der Waals surface area contributed by atoms with E-state index >= 15 is 0 Å². The second-order valence-corrected chi connectivity index (χ2v) is 13.5. The first-order chi connectivity index (χ1) is 13.8. The third kappa shape index (κ3) is 5.39. The van der Waals surface area contributed by atoms with Crippen molar-refractivity contribution in [3.05, 3.63) is 60.7 Å². The van der Waals surface area contributed by atoms with E-state index in [1.165, 1.54) is 23.2 Å². The van der Waals surface area contributed by atoms with E-state index in [0.717, 1.165) is 26.0 Å². The van der Waals surface area contributed by atoms with Gasteiger partial charge in [0.05, 0.1) is 0 Å². The average Bonchev–Trinajstić information content (AvgIpc) is 2.73. The maximum atomic E-state index is 7.01. The summed E-state index contributed by atoms with van der Waals surface area (Å²) in [6.45, 7) is 15.5. The van der Waals surface area contributed by atoms with Crippen LogP contribution >= 0.6 is 0 Å². The Kier molecular flexibility index (Phi) is 8.68. The van der Waals surface area contributed by atoms with Crippen LogP contribution < -0.4 is 15.7 Å². The highest BCUT2D eigenvalue weighted by Gasteiger charge is 2.50. The standard InChI is InChI=1S/C26H41NOSi/c1-7-20-26(8-2,9-3)27-21-22-28-29(25(4,5)6,23-16-12-10-13-17-23)24-18-14-11-15-19-24/h10-19,27H,7-9,20-22H2,1-6H3. The van der Waals surface area contributed by atoms with E-state index in [1.54, 1.807) is 0 Å². The molecule has 0 heterocycles. The molecule has 160 valence electrons. The SMILES string of the molecule is CCCC(CC)(CC)NCCO[Si](c1ccccc1)(c1ccccc1)C(C)(C)C. The van der Waals surface area contributed by atoms with Crippen molar-refractivity contribution in [1.29, 1.82) is 0 Å². The Balaban J connectivity index is 2.32. The summed E-state index contributed by atoms with van der Waals surface area (Å²) in [4.78, 5) is 0. The van der Waals surface area contributed by atoms with Gasteiger partial charge in [-0.1, -0.05) is 109 Å². The second kappa shape index (κ2) is 10.6. The molecule has 0 fully saturated rings. The number of benzene rings is 2.